The van der Waals surface area contributed by atoms with Gasteiger partial charge in [0.05, 0.1) is 5.41 Å². The summed E-state index contributed by atoms with van der Waals surface area (Å²) in [6, 6.07) is 30.6. The zero-order valence-electron chi connectivity index (χ0n) is 17.7. The van der Waals surface area contributed by atoms with Crippen molar-refractivity contribution < 1.29 is 9.47 Å². The van der Waals surface area contributed by atoms with E-state index in [2.05, 4.69) is 91.5 Å². The number of hydrogen-bond donors (Lipinski definition) is 0. The number of fused-ring (bicyclic) bond motifs is 12. The third-order valence-electron chi connectivity index (χ3n) is 7.09. The van der Waals surface area contributed by atoms with Gasteiger partial charge in [-0.15, -0.1) is 0 Å². The molecule has 2 nitrogen and oxygen atoms in total. The Morgan fingerprint density at radius 2 is 1.22 bits per heavy atom. The molecule has 0 bridgehead atoms. The highest BCUT2D eigenvalue weighted by molar-refractivity contribution is 5.97. The van der Waals surface area contributed by atoms with Crippen molar-refractivity contribution in [1.29, 1.82) is 0 Å². The van der Waals surface area contributed by atoms with Crippen molar-refractivity contribution >= 4 is 0 Å². The van der Waals surface area contributed by atoms with Gasteiger partial charge in [-0.25, -0.2) is 0 Å². The lowest BCUT2D eigenvalue weighted by Crippen LogP contribution is -2.25. The molecule has 7 rings (SSSR count). The molecule has 0 amide bonds. The number of allylic oxidation sites excluding steroid dienone is 2. The van der Waals surface area contributed by atoms with Gasteiger partial charge in [0.15, 0.2) is 17.3 Å². The molecular formula is C30H20O2. The van der Waals surface area contributed by atoms with Crippen LogP contribution in [-0.4, -0.2) is 0 Å². The first-order valence-corrected chi connectivity index (χ1v) is 10.9. The first-order valence-electron chi connectivity index (χ1n) is 10.9. The van der Waals surface area contributed by atoms with Crippen molar-refractivity contribution in [2.45, 2.75) is 12.3 Å². The topological polar surface area (TPSA) is 18.5 Å². The van der Waals surface area contributed by atoms with Gasteiger partial charge in [-0.3, -0.25) is 0 Å². The predicted octanol–water partition coefficient (Wildman–Crippen LogP) is 7.22. The molecule has 0 atom stereocenters. The molecular weight excluding hydrogens is 392 g/mol. The fourth-order valence-corrected chi connectivity index (χ4v) is 5.90. The normalized spacial score (nSPS) is 15.8. The van der Waals surface area contributed by atoms with Gasteiger partial charge in [0.25, 0.3) is 0 Å². The van der Waals surface area contributed by atoms with Gasteiger partial charge in [-0.05, 0) is 58.0 Å². The molecule has 0 radical (unpaired) electrons. The summed E-state index contributed by atoms with van der Waals surface area (Å²) in [5.74, 6) is 2.91. The minimum absolute atomic E-state index is 0.373. The Bertz CT molecular complexity index is 1460. The predicted molar refractivity (Wildman–Crippen MR) is 127 cm³/mol. The van der Waals surface area contributed by atoms with Gasteiger partial charge >= 0.3 is 0 Å². The lowest BCUT2D eigenvalue weighted by molar-refractivity contribution is 0.307. The zero-order chi connectivity index (χ0) is 21.4. The van der Waals surface area contributed by atoms with Crippen LogP contribution in [-0.2, 0) is 5.41 Å². The minimum Gasteiger partial charge on any atom is -0.454 e. The first kappa shape index (κ1) is 17.6. The summed E-state index contributed by atoms with van der Waals surface area (Å²) in [5, 5.41) is 0. The van der Waals surface area contributed by atoms with Crippen LogP contribution in [0.1, 0.15) is 29.2 Å². The molecule has 0 saturated heterocycles. The van der Waals surface area contributed by atoms with Gasteiger partial charge < -0.3 is 9.47 Å². The Morgan fingerprint density at radius 3 is 1.84 bits per heavy atom. The van der Waals surface area contributed by atoms with E-state index in [1.165, 1.54) is 38.9 Å². The van der Waals surface area contributed by atoms with E-state index in [1.807, 2.05) is 6.92 Å². The maximum Gasteiger partial charge on any atom is 0.178 e. The van der Waals surface area contributed by atoms with Gasteiger partial charge in [-0.2, -0.15) is 0 Å². The van der Waals surface area contributed by atoms with Gasteiger partial charge in [-0.1, -0.05) is 85.4 Å². The largest absolute Gasteiger partial charge is 0.454 e. The Morgan fingerprint density at radius 1 is 0.656 bits per heavy atom. The fraction of sp³-hybridized carbons (Fsp3) is 0.0667. The fourth-order valence-electron chi connectivity index (χ4n) is 5.90. The molecule has 1 spiro atoms. The van der Waals surface area contributed by atoms with Crippen LogP contribution in [0.15, 0.2) is 109 Å². The van der Waals surface area contributed by atoms with Crippen LogP contribution in [0, 0.1) is 0 Å². The summed E-state index contributed by atoms with van der Waals surface area (Å²) in [6.07, 6.45) is 1.72. The number of ether oxygens (including phenoxy) is 2. The van der Waals surface area contributed by atoms with Crippen LogP contribution in [0.3, 0.4) is 0 Å². The van der Waals surface area contributed by atoms with Crippen LogP contribution in [0.2, 0.25) is 0 Å². The van der Waals surface area contributed by atoms with Gasteiger partial charge in [0.1, 0.15) is 5.76 Å². The minimum atomic E-state index is -0.373. The molecule has 0 unspecified atom stereocenters. The quantitative estimate of drug-likeness (QED) is 0.284. The Balaban J connectivity index is 1.64. The van der Waals surface area contributed by atoms with E-state index in [4.69, 9.17) is 9.47 Å². The molecule has 152 valence electrons. The molecule has 4 aromatic rings. The molecule has 0 saturated carbocycles. The molecule has 4 aromatic carbocycles. The van der Waals surface area contributed by atoms with Gasteiger partial charge in [0.2, 0.25) is 0 Å². The Hall–Kier alpha value is -4.04. The molecule has 0 aromatic heterocycles. The molecule has 0 fully saturated rings. The summed E-state index contributed by atoms with van der Waals surface area (Å²) in [6.45, 7) is 5.82. The number of benzene rings is 4. The molecule has 1 aliphatic heterocycles. The molecule has 2 heteroatoms. The monoisotopic (exact) mass is 412 g/mol. The molecule has 32 heavy (non-hydrogen) atoms. The first-order chi connectivity index (χ1) is 15.7. The third kappa shape index (κ3) is 1.91. The Labute approximate surface area is 187 Å². The van der Waals surface area contributed by atoms with Gasteiger partial charge in [0, 0.05) is 5.56 Å². The second kappa shape index (κ2) is 6.02. The van der Waals surface area contributed by atoms with E-state index in [1.54, 1.807) is 6.08 Å². The van der Waals surface area contributed by atoms with Crippen molar-refractivity contribution in [2.24, 2.45) is 0 Å². The summed E-state index contributed by atoms with van der Waals surface area (Å²) in [5.41, 5.74) is 9.68. The lowest BCUT2D eigenvalue weighted by Gasteiger charge is -2.31. The standard InChI is InChI=1S/C30H20O2/c1-3-26-18(2)31-27-17-16-25-28(29(27)32-26)21-12-6-9-15-24(21)30(25)22-13-7-4-10-19(22)20-11-5-8-14-23(20)30/h3-17H,1H2,2H3. The van der Waals surface area contributed by atoms with Crippen LogP contribution in [0.5, 0.6) is 11.5 Å². The highest BCUT2D eigenvalue weighted by atomic mass is 16.6. The number of hydrogen-bond acceptors (Lipinski definition) is 2. The maximum absolute atomic E-state index is 6.41. The second-order valence-corrected chi connectivity index (χ2v) is 8.53. The van der Waals surface area contributed by atoms with E-state index in [0.29, 0.717) is 5.76 Å². The third-order valence-corrected chi connectivity index (χ3v) is 7.09. The van der Waals surface area contributed by atoms with E-state index in [9.17, 15) is 0 Å². The van der Waals surface area contributed by atoms with Crippen molar-refractivity contribution in [3.63, 3.8) is 0 Å². The SMILES string of the molecule is C=CC1=C(C)Oc2ccc3c(c2O1)-c1ccccc1C31c2ccccc2-c2ccccc21. The van der Waals surface area contributed by atoms with Crippen LogP contribution >= 0.6 is 0 Å². The van der Waals surface area contributed by atoms with Crippen molar-refractivity contribution in [3.05, 3.63) is 131 Å². The van der Waals surface area contributed by atoms with Crippen LogP contribution < -0.4 is 9.47 Å². The zero-order valence-corrected chi connectivity index (χ0v) is 17.7. The Kier molecular flexibility index (Phi) is 3.31. The van der Waals surface area contributed by atoms with E-state index in [0.717, 1.165) is 22.8 Å². The van der Waals surface area contributed by atoms with Crippen LogP contribution in [0.25, 0.3) is 22.3 Å². The van der Waals surface area contributed by atoms with Crippen molar-refractivity contribution in [1.82, 2.24) is 0 Å². The summed E-state index contributed by atoms with van der Waals surface area (Å²) in [4.78, 5) is 0. The van der Waals surface area contributed by atoms with Crippen molar-refractivity contribution in [2.75, 3.05) is 0 Å². The van der Waals surface area contributed by atoms with E-state index < -0.39 is 0 Å². The average molecular weight is 412 g/mol. The second-order valence-electron chi connectivity index (χ2n) is 8.53. The summed E-state index contributed by atoms with van der Waals surface area (Å²) >= 11 is 0. The lowest BCUT2D eigenvalue weighted by atomic mass is 9.70. The average Bonchev–Trinajstić information content (AvgIpc) is 3.31. The molecule has 2 aliphatic carbocycles. The molecule has 0 N–H and O–H groups in total. The maximum atomic E-state index is 6.41. The number of rotatable bonds is 1. The summed E-state index contributed by atoms with van der Waals surface area (Å²) in [7, 11) is 0. The van der Waals surface area contributed by atoms with Crippen molar-refractivity contribution in [3.8, 4) is 33.8 Å². The highest BCUT2D eigenvalue weighted by Gasteiger charge is 2.52. The molecule has 1 heterocycles. The molecule has 3 aliphatic rings. The summed E-state index contributed by atoms with van der Waals surface area (Å²) < 4.78 is 12.6. The van der Waals surface area contributed by atoms with E-state index >= 15 is 0 Å². The van der Waals surface area contributed by atoms with E-state index in [-0.39, 0.29) is 5.41 Å². The highest BCUT2D eigenvalue weighted by Crippen LogP contribution is 2.65. The smallest absolute Gasteiger partial charge is 0.178 e. The van der Waals surface area contributed by atoms with Crippen LogP contribution in [0.4, 0.5) is 0 Å².